The van der Waals surface area contributed by atoms with Gasteiger partial charge in [-0.3, -0.25) is 4.79 Å². The summed E-state index contributed by atoms with van der Waals surface area (Å²) in [5, 5.41) is 11.6. The van der Waals surface area contributed by atoms with Gasteiger partial charge in [0.05, 0.1) is 0 Å². The average Bonchev–Trinajstić information content (AvgIpc) is 2.16. The number of nitrogens with one attached hydrogen (secondary N) is 1. The lowest BCUT2D eigenvalue weighted by Gasteiger charge is -2.25. The van der Waals surface area contributed by atoms with Crippen LogP contribution in [0.25, 0.3) is 0 Å². The molecule has 1 unspecified atom stereocenters. The van der Waals surface area contributed by atoms with Crippen molar-refractivity contribution in [1.29, 1.82) is 0 Å². The number of aliphatic hydroxyl groups excluding tert-OH is 1. The zero-order chi connectivity index (χ0) is 11.2. The molecule has 0 rings (SSSR count). The summed E-state index contributed by atoms with van der Waals surface area (Å²) in [7, 11) is 1.51. The van der Waals surface area contributed by atoms with Gasteiger partial charge in [-0.2, -0.15) is 0 Å². The predicted molar refractivity (Wildman–Crippen MR) is 55.0 cm³/mol. The molecule has 0 saturated heterocycles. The van der Waals surface area contributed by atoms with E-state index >= 15 is 0 Å². The fourth-order valence-electron chi connectivity index (χ4n) is 0.986. The van der Waals surface area contributed by atoms with Crippen molar-refractivity contribution in [2.24, 2.45) is 0 Å². The van der Waals surface area contributed by atoms with E-state index in [4.69, 9.17) is 9.84 Å². The summed E-state index contributed by atoms with van der Waals surface area (Å²) < 4.78 is 5.05. The molecule has 0 aromatic heterocycles. The Balaban J connectivity index is 4.15. The molecule has 0 aliphatic heterocycles. The minimum atomic E-state index is -0.803. The number of ether oxygens (including phenoxy) is 1. The molecule has 0 saturated carbocycles. The molecule has 4 heteroatoms. The van der Waals surface area contributed by atoms with Crippen LogP contribution in [0, 0.1) is 0 Å². The highest BCUT2D eigenvalue weighted by atomic mass is 16.5. The lowest BCUT2D eigenvalue weighted by molar-refractivity contribution is -0.140. The summed E-state index contributed by atoms with van der Waals surface area (Å²) in [5.74, 6) is -0.139. The summed E-state index contributed by atoms with van der Waals surface area (Å²) in [6.07, 6.45) is 1.40. The SMILES string of the molecule is CCC(CCO)NC(=O)C(C)(C)OC. The molecule has 0 aliphatic rings. The van der Waals surface area contributed by atoms with Crippen LogP contribution in [0.15, 0.2) is 0 Å². The molecule has 1 atom stereocenters. The normalized spacial score (nSPS) is 13.8. The third-order valence-electron chi connectivity index (χ3n) is 2.36. The predicted octanol–water partition coefficient (Wildman–Crippen LogP) is 0.689. The van der Waals surface area contributed by atoms with Crippen molar-refractivity contribution in [3.05, 3.63) is 0 Å². The maximum atomic E-state index is 11.6. The van der Waals surface area contributed by atoms with Crippen LogP contribution in [0.1, 0.15) is 33.6 Å². The summed E-state index contributed by atoms with van der Waals surface area (Å²) in [6.45, 7) is 5.49. The molecule has 2 N–H and O–H groups in total. The zero-order valence-electron chi connectivity index (χ0n) is 9.46. The summed E-state index contributed by atoms with van der Waals surface area (Å²) in [5.41, 5.74) is -0.803. The number of hydrogen-bond donors (Lipinski definition) is 2. The summed E-state index contributed by atoms with van der Waals surface area (Å²) >= 11 is 0. The van der Waals surface area contributed by atoms with Crippen molar-refractivity contribution in [3.8, 4) is 0 Å². The number of hydrogen-bond acceptors (Lipinski definition) is 3. The summed E-state index contributed by atoms with van der Waals surface area (Å²) in [6, 6.07) is 0.0296. The Kier molecular flexibility index (Phi) is 5.72. The molecule has 4 nitrogen and oxygen atoms in total. The first-order chi connectivity index (χ1) is 6.47. The first-order valence-corrected chi connectivity index (χ1v) is 4.95. The smallest absolute Gasteiger partial charge is 0.251 e. The van der Waals surface area contributed by atoms with E-state index in [-0.39, 0.29) is 18.6 Å². The van der Waals surface area contributed by atoms with Gasteiger partial charge < -0.3 is 15.2 Å². The van der Waals surface area contributed by atoms with Crippen molar-refractivity contribution in [3.63, 3.8) is 0 Å². The van der Waals surface area contributed by atoms with Crippen molar-refractivity contribution < 1.29 is 14.6 Å². The van der Waals surface area contributed by atoms with Crippen LogP contribution in [0.4, 0.5) is 0 Å². The van der Waals surface area contributed by atoms with E-state index in [0.29, 0.717) is 6.42 Å². The van der Waals surface area contributed by atoms with Crippen LogP contribution in [0.5, 0.6) is 0 Å². The van der Waals surface area contributed by atoms with E-state index in [0.717, 1.165) is 6.42 Å². The maximum absolute atomic E-state index is 11.6. The second kappa shape index (κ2) is 5.98. The van der Waals surface area contributed by atoms with Crippen molar-refractivity contribution in [2.45, 2.75) is 45.3 Å². The second-order valence-electron chi connectivity index (χ2n) is 3.81. The highest BCUT2D eigenvalue weighted by Crippen LogP contribution is 2.08. The number of carbonyl (C=O) groups is 1. The minimum absolute atomic E-state index is 0.0296. The largest absolute Gasteiger partial charge is 0.396 e. The minimum Gasteiger partial charge on any atom is -0.396 e. The van der Waals surface area contributed by atoms with E-state index in [9.17, 15) is 4.79 Å². The molecule has 0 radical (unpaired) electrons. The highest BCUT2D eigenvalue weighted by molar-refractivity contribution is 5.84. The van der Waals surface area contributed by atoms with Gasteiger partial charge in [-0.15, -0.1) is 0 Å². The zero-order valence-corrected chi connectivity index (χ0v) is 9.46. The molecule has 84 valence electrons. The van der Waals surface area contributed by atoms with Crippen LogP contribution in [-0.4, -0.2) is 36.4 Å². The molecule has 0 aromatic carbocycles. The highest BCUT2D eigenvalue weighted by Gasteiger charge is 2.28. The van der Waals surface area contributed by atoms with Gasteiger partial charge in [0.15, 0.2) is 0 Å². The number of methoxy groups -OCH3 is 1. The molecule has 0 heterocycles. The average molecular weight is 203 g/mol. The van der Waals surface area contributed by atoms with Crippen LogP contribution in [0.2, 0.25) is 0 Å². The van der Waals surface area contributed by atoms with Gasteiger partial charge in [0.1, 0.15) is 5.60 Å². The monoisotopic (exact) mass is 203 g/mol. The number of aliphatic hydroxyl groups is 1. The van der Waals surface area contributed by atoms with Gasteiger partial charge in [-0.25, -0.2) is 0 Å². The Bertz CT molecular complexity index is 180. The van der Waals surface area contributed by atoms with E-state index in [1.54, 1.807) is 13.8 Å². The number of amides is 1. The molecular formula is C10H21NO3. The van der Waals surface area contributed by atoms with Gasteiger partial charge in [0.25, 0.3) is 5.91 Å². The Morgan fingerprint density at radius 1 is 1.57 bits per heavy atom. The van der Waals surface area contributed by atoms with Gasteiger partial charge in [0, 0.05) is 19.8 Å². The van der Waals surface area contributed by atoms with Crippen molar-refractivity contribution in [2.75, 3.05) is 13.7 Å². The Labute approximate surface area is 85.6 Å². The molecule has 0 aliphatic carbocycles. The van der Waals surface area contributed by atoms with Gasteiger partial charge >= 0.3 is 0 Å². The number of rotatable bonds is 6. The Morgan fingerprint density at radius 2 is 2.14 bits per heavy atom. The maximum Gasteiger partial charge on any atom is 0.251 e. The first-order valence-electron chi connectivity index (χ1n) is 4.95. The van der Waals surface area contributed by atoms with Crippen LogP contribution >= 0.6 is 0 Å². The lowest BCUT2D eigenvalue weighted by atomic mass is 10.1. The van der Waals surface area contributed by atoms with Gasteiger partial charge in [0.2, 0.25) is 0 Å². The molecule has 1 amide bonds. The standard InChI is InChI=1S/C10H21NO3/c1-5-8(6-7-12)11-9(13)10(2,3)14-4/h8,12H,5-7H2,1-4H3,(H,11,13). The second-order valence-corrected chi connectivity index (χ2v) is 3.81. The number of carbonyl (C=O) groups excluding carboxylic acids is 1. The molecule has 0 bridgehead atoms. The molecule has 0 aromatic rings. The van der Waals surface area contributed by atoms with Gasteiger partial charge in [-0.05, 0) is 26.7 Å². The third-order valence-corrected chi connectivity index (χ3v) is 2.36. The van der Waals surface area contributed by atoms with Crippen molar-refractivity contribution >= 4 is 5.91 Å². The van der Waals surface area contributed by atoms with Crippen molar-refractivity contribution in [1.82, 2.24) is 5.32 Å². The lowest BCUT2D eigenvalue weighted by Crippen LogP contribution is -2.47. The first kappa shape index (κ1) is 13.4. The van der Waals surface area contributed by atoms with Crippen LogP contribution < -0.4 is 5.32 Å². The quantitative estimate of drug-likeness (QED) is 0.667. The van der Waals surface area contributed by atoms with E-state index in [1.165, 1.54) is 7.11 Å². The molecule has 14 heavy (non-hydrogen) atoms. The topological polar surface area (TPSA) is 58.6 Å². The summed E-state index contributed by atoms with van der Waals surface area (Å²) in [4.78, 5) is 11.6. The Morgan fingerprint density at radius 3 is 2.50 bits per heavy atom. The fourth-order valence-corrected chi connectivity index (χ4v) is 0.986. The molecule has 0 fully saturated rings. The molecular weight excluding hydrogens is 182 g/mol. The van der Waals surface area contributed by atoms with Gasteiger partial charge in [-0.1, -0.05) is 6.92 Å². The van der Waals surface area contributed by atoms with Crippen LogP contribution in [0.3, 0.4) is 0 Å². The fraction of sp³-hybridized carbons (Fsp3) is 0.900. The molecule has 0 spiro atoms. The van der Waals surface area contributed by atoms with Crippen LogP contribution in [-0.2, 0) is 9.53 Å². The Hall–Kier alpha value is -0.610. The third kappa shape index (κ3) is 4.07. The van der Waals surface area contributed by atoms with E-state index < -0.39 is 5.60 Å². The van der Waals surface area contributed by atoms with E-state index in [1.807, 2.05) is 6.92 Å². The van der Waals surface area contributed by atoms with E-state index in [2.05, 4.69) is 5.32 Å².